The summed E-state index contributed by atoms with van der Waals surface area (Å²) in [4.78, 5) is 39.4. The second-order valence-electron chi connectivity index (χ2n) is 7.97. The molecule has 3 rings (SSSR count). The minimum atomic E-state index is -0.982. The zero-order chi connectivity index (χ0) is 21.2. The van der Waals surface area contributed by atoms with Gasteiger partial charge in [-0.1, -0.05) is 30.3 Å². The Morgan fingerprint density at radius 3 is 2.66 bits per heavy atom. The molecule has 0 radical (unpaired) electrons. The van der Waals surface area contributed by atoms with Gasteiger partial charge in [0.2, 0.25) is 0 Å². The Morgan fingerprint density at radius 1 is 1.24 bits per heavy atom. The van der Waals surface area contributed by atoms with Crippen LogP contribution in [0.4, 0.5) is 4.79 Å². The normalized spacial score (nSPS) is 18.6. The molecule has 1 N–H and O–H groups in total. The second-order valence-corrected chi connectivity index (χ2v) is 7.97. The van der Waals surface area contributed by atoms with E-state index in [2.05, 4.69) is 5.32 Å². The van der Waals surface area contributed by atoms with Crippen LogP contribution in [-0.2, 0) is 19.1 Å². The quantitative estimate of drug-likeness (QED) is 0.790. The first kappa shape index (κ1) is 20.6. The third kappa shape index (κ3) is 4.50. The fourth-order valence-electron chi connectivity index (χ4n) is 3.53. The van der Waals surface area contributed by atoms with Crippen molar-refractivity contribution in [3.63, 3.8) is 0 Å². The zero-order valence-corrected chi connectivity index (χ0v) is 17.2. The van der Waals surface area contributed by atoms with Crippen LogP contribution < -0.4 is 5.32 Å². The van der Waals surface area contributed by atoms with Crippen molar-refractivity contribution in [1.82, 2.24) is 10.2 Å². The van der Waals surface area contributed by atoms with Gasteiger partial charge >= 0.3 is 12.1 Å². The Labute approximate surface area is 170 Å². The van der Waals surface area contributed by atoms with Crippen molar-refractivity contribution in [3.8, 4) is 0 Å². The molecule has 0 saturated heterocycles. The van der Waals surface area contributed by atoms with E-state index in [-0.39, 0.29) is 6.54 Å². The number of alkyl carbamates (subject to hydrolysis) is 1. The highest BCUT2D eigenvalue weighted by atomic mass is 16.6. The molecule has 0 spiro atoms. The Hall–Kier alpha value is -3.09. The summed E-state index contributed by atoms with van der Waals surface area (Å²) in [6, 6.07) is 6.49. The molecule has 1 heterocycles. The van der Waals surface area contributed by atoms with E-state index in [4.69, 9.17) is 9.47 Å². The monoisotopic (exact) mass is 398 g/mol. The van der Waals surface area contributed by atoms with Gasteiger partial charge in [0.25, 0.3) is 5.91 Å². The molecule has 1 aliphatic heterocycles. The van der Waals surface area contributed by atoms with Gasteiger partial charge in [-0.05, 0) is 56.4 Å². The summed E-state index contributed by atoms with van der Waals surface area (Å²) in [6.45, 7) is 5.02. The summed E-state index contributed by atoms with van der Waals surface area (Å²) in [5.41, 5.74) is 2.48. The van der Waals surface area contributed by atoms with E-state index in [0.717, 1.165) is 24.0 Å². The molecular weight excluding hydrogens is 372 g/mol. The minimum Gasteiger partial charge on any atom is -0.468 e. The lowest BCUT2D eigenvalue weighted by Crippen LogP contribution is -2.45. The predicted molar refractivity (Wildman–Crippen MR) is 108 cm³/mol. The van der Waals surface area contributed by atoms with Gasteiger partial charge in [0.15, 0.2) is 0 Å². The van der Waals surface area contributed by atoms with Crippen LogP contribution in [-0.4, -0.2) is 42.1 Å². The molecule has 7 heteroatoms. The number of allylic oxidation sites excluding steroid dienone is 3. The van der Waals surface area contributed by atoms with Crippen LogP contribution in [0.15, 0.2) is 42.1 Å². The number of hydrogen-bond acceptors (Lipinski definition) is 5. The van der Waals surface area contributed by atoms with Crippen LogP contribution in [0, 0.1) is 0 Å². The van der Waals surface area contributed by atoms with Gasteiger partial charge in [-0.25, -0.2) is 4.79 Å². The van der Waals surface area contributed by atoms with E-state index in [9.17, 15) is 14.4 Å². The molecule has 1 aromatic carbocycles. The number of esters is 1. The van der Waals surface area contributed by atoms with Crippen LogP contribution in [0.25, 0.3) is 5.57 Å². The number of methoxy groups -OCH3 is 1. The van der Waals surface area contributed by atoms with Crippen molar-refractivity contribution >= 4 is 23.5 Å². The zero-order valence-electron chi connectivity index (χ0n) is 17.2. The maximum absolute atomic E-state index is 13.5. The van der Waals surface area contributed by atoms with Crippen LogP contribution in [0.5, 0.6) is 0 Å². The van der Waals surface area contributed by atoms with Crippen LogP contribution in [0.1, 0.15) is 50.8 Å². The van der Waals surface area contributed by atoms with E-state index in [0.29, 0.717) is 11.3 Å². The number of ether oxygens (including phenoxy) is 2. The Morgan fingerprint density at radius 2 is 1.97 bits per heavy atom. The summed E-state index contributed by atoms with van der Waals surface area (Å²) in [7, 11) is 1.28. The molecule has 1 aromatic rings. The fourth-order valence-corrected chi connectivity index (χ4v) is 3.53. The number of carbonyl (C=O) groups is 3. The van der Waals surface area contributed by atoms with Crippen LogP contribution >= 0.6 is 0 Å². The summed E-state index contributed by atoms with van der Waals surface area (Å²) < 4.78 is 10.2. The summed E-state index contributed by atoms with van der Waals surface area (Å²) in [6.07, 6.45) is 4.69. The maximum atomic E-state index is 13.5. The highest BCUT2D eigenvalue weighted by molar-refractivity contribution is 5.96. The molecular formula is C22H26N2O5. The largest absolute Gasteiger partial charge is 0.468 e. The number of nitrogens with one attached hydrogen (secondary N) is 1. The van der Waals surface area contributed by atoms with Gasteiger partial charge < -0.3 is 14.8 Å². The summed E-state index contributed by atoms with van der Waals surface area (Å²) in [5, 5.41) is 2.70. The third-order valence-electron chi connectivity index (χ3n) is 4.72. The first-order valence-corrected chi connectivity index (χ1v) is 9.58. The summed E-state index contributed by atoms with van der Waals surface area (Å²) >= 11 is 0. The second kappa shape index (κ2) is 8.11. The van der Waals surface area contributed by atoms with Crippen LogP contribution in [0.2, 0.25) is 0 Å². The van der Waals surface area contributed by atoms with Crippen molar-refractivity contribution in [2.24, 2.45) is 0 Å². The highest BCUT2D eigenvalue weighted by Gasteiger charge is 2.37. The van der Waals surface area contributed by atoms with Crippen molar-refractivity contribution in [2.75, 3.05) is 13.7 Å². The molecule has 0 bridgehead atoms. The molecule has 1 atom stereocenters. The Balaban J connectivity index is 2.07. The molecule has 0 saturated carbocycles. The molecule has 29 heavy (non-hydrogen) atoms. The van der Waals surface area contributed by atoms with Gasteiger partial charge in [0.05, 0.1) is 7.11 Å². The molecule has 154 valence electrons. The summed E-state index contributed by atoms with van der Waals surface area (Å²) in [5.74, 6) is -0.948. The van der Waals surface area contributed by atoms with E-state index in [1.165, 1.54) is 12.0 Å². The number of benzene rings is 1. The lowest BCUT2D eigenvalue weighted by Gasteiger charge is -2.28. The van der Waals surface area contributed by atoms with E-state index in [1.54, 1.807) is 20.8 Å². The van der Waals surface area contributed by atoms with Gasteiger partial charge in [-0.15, -0.1) is 0 Å². The Kier molecular flexibility index (Phi) is 5.77. The van der Waals surface area contributed by atoms with E-state index in [1.807, 2.05) is 36.4 Å². The molecule has 0 fully saturated rings. The molecule has 7 nitrogen and oxygen atoms in total. The van der Waals surface area contributed by atoms with Crippen molar-refractivity contribution in [1.29, 1.82) is 0 Å². The smallest absolute Gasteiger partial charge is 0.408 e. The molecule has 0 unspecified atom stereocenters. The van der Waals surface area contributed by atoms with Crippen LogP contribution in [0.3, 0.4) is 0 Å². The minimum absolute atomic E-state index is 0.237. The molecule has 2 aliphatic rings. The lowest BCUT2D eigenvalue weighted by molar-refractivity contribution is -0.146. The molecule has 2 amide bonds. The number of fused-ring (bicyclic) bond motifs is 2. The van der Waals surface area contributed by atoms with Gasteiger partial charge in [-0.2, -0.15) is 0 Å². The third-order valence-corrected chi connectivity index (χ3v) is 4.72. The fraction of sp³-hybridized carbons (Fsp3) is 0.409. The van der Waals surface area contributed by atoms with Gasteiger partial charge in [0.1, 0.15) is 18.2 Å². The van der Waals surface area contributed by atoms with Crippen molar-refractivity contribution in [3.05, 3.63) is 53.2 Å². The first-order valence-electron chi connectivity index (χ1n) is 9.58. The van der Waals surface area contributed by atoms with E-state index >= 15 is 0 Å². The topological polar surface area (TPSA) is 84.9 Å². The number of nitrogens with zero attached hydrogens (tertiary/aromatic N) is 1. The highest BCUT2D eigenvalue weighted by Crippen LogP contribution is 2.38. The number of rotatable bonds is 3. The maximum Gasteiger partial charge on any atom is 0.408 e. The molecule has 0 aromatic heterocycles. The van der Waals surface area contributed by atoms with E-state index < -0.39 is 29.6 Å². The average Bonchev–Trinajstić information content (AvgIpc) is 2.76. The van der Waals surface area contributed by atoms with Gasteiger partial charge in [0, 0.05) is 5.70 Å². The lowest BCUT2D eigenvalue weighted by atomic mass is 9.90. The first-order chi connectivity index (χ1) is 13.7. The van der Waals surface area contributed by atoms with Gasteiger partial charge in [-0.3, -0.25) is 14.5 Å². The standard InChI is InChI=1S/C22H26N2O5/c1-22(2,3)29-21(27)23-19-16-11-6-5-9-14(16)15-10-7-8-12-17(15)24(20(19)26)13-18(25)28-4/h5-6,8-9,11-12,19H,7,10,13H2,1-4H3,(H,23,27)/t19-/m0/s1. The SMILES string of the molecule is COC(=O)CN1C(=O)[C@@H](NC(=O)OC(C)(C)C)c2ccccc2C2=C1C=CCC2. The molecule has 1 aliphatic carbocycles. The van der Waals surface area contributed by atoms with Crippen molar-refractivity contribution in [2.45, 2.75) is 45.3 Å². The number of hydrogen-bond donors (Lipinski definition) is 1. The Bertz CT molecular complexity index is 895. The predicted octanol–water partition coefficient (Wildman–Crippen LogP) is 3.33. The number of carbonyl (C=O) groups excluding carboxylic acids is 3. The number of amides is 2. The average molecular weight is 398 g/mol. The van der Waals surface area contributed by atoms with Crippen molar-refractivity contribution < 1.29 is 23.9 Å².